The number of aromatic nitrogens is 3. The molecule has 0 aliphatic heterocycles. The molecule has 0 spiro atoms. The van der Waals surface area contributed by atoms with Crippen molar-refractivity contribution in [3.63, 3.8) is 0 Å². The molecule has 0 aromatic carbocycles. The maximum Gasteiger partial charge on any atom is 0.0962 e. The molecule has 1 aliphatic carbocycles. The predicted octanol–water partition coefficient (Wildman–Crippen LogP) is 0.140. The lowest BCUT2D eigenvalue weighted by Gasteiger charge is -2.51. The summed E-state index contributed by atoms with van der Waals surface area (Å²) in [6.45, 7) is 6.63. The summed E-state index contributed by atoms with van der Waals surface area (Å²) in [4.78, 5) is 0. The average molecular weight is 253 g/mol. The van der Waals surface area contributed by atoms with E-state index in [9.17, 15) is 0 Å². The first-order valence-electron chi connectivity index (χ1n) is 6.43. The largest absolute Gasteiger partial charge is 0.381 e. The van der Waals surface area contributed by atoms with Gasteiger partial charge in [0.2, 0.25) is 0 Å². The monoisotopic (exact) mass is 253 g/mol. The van der Waals surface area contributed by atoms with Crippen molar-refractivity contribution in [2.24, 2.45) is 11.1 Å². The Morgan fingerprint density at radius 3 is 2.94 bits per heavy atom. The lowest BCUT2D eigenvalue weighted by molar-refractivity contribution is -0.0974. The maximum absolute atomic E-state index is 5.49. The number of nitrogens with two attached hydrogens (primary N) is 1. The van der Waals surface area contributed by atoms with Crippen molar-refractivity contribution in [1.29, 1.82) is 0 Å². The smallest absolute Gasteiger partial charge is 0.0962 e. The second-order valence-corrected chi connectivity index (χ2v) is 5.47. The molecular formula is C12H23N5O. The molecule has 1 aliphatic rings. The Hall–Kier alpha value is -0.980. The third-order valence-electron chi connectivity index (χ3n) is 3.99. The molecule has 102 valence electrons. The number of nitrogens with one attached hydrogen (secondary N) is 1. The Balaban J connectivity index is 1.73. The van der Waals surface area contributed by atoms with Crippen LogP contribution in [0, 0.1) is 5.41 Å². The number of rotatable bonds is 6. The number of nitrogens with zero attached hydrogens (tertiary/aromatic N) is 3. The molecular weight excluding hydrogens is 230 g/mol. The highest BCUT2D eigenvalue weighted by molar-refractivity contribution is 5.02. The fourth-order valence-corrected chi connectivity index (χ4v) is 2.53. The fourth-order valence-electron chi connectivity index (χ4n) is 2.53. The van der Waals surface area contributed by atoms with Gasteiger partial charge in [-0.3, -0.25) is 4.68 Å². The van der Waals surface area contributed by atoms with E-state index < -0.39 is 0 Å². The van der Waals surface area contributed by atoms with Gasteiger partial charge in [0, 0.05) is 37.9 Å². The lowest BCUT2D eigenvalue weighted by atomic mass is 9.64. The summed E-state index contributed by atoms with van der Waals surface area (Å²) in [5.74, 6) is 0. The van der Waals surface area contributed by atoms with Gasteiger partial charge in [-0.2, -0.15) is 0 Å². The normalized spacial score (nSPS) is 26.0. The van der Waals surface area contributed by atoms with Crippen LogP contribution in [0.2, 0.25) is 0 Å². The van der Waals surface area contributed by atoms with Gasteiger partial charge in [-0.25, -0.2) is 0 Å². The van der Waals surface area contributed by atoms with E-state index in [2.05, 4.69) is 29.5 Å². The van der Waals surface area contributed by atoms with Crippen LogP contribution in [-0.4, -0.2) is 40.8 Å². The van der Waals surface area contributed by atoms with E-state index in [4.69, 9.17) is 10.5 Å². The van der Waals surface area contributed by atoms with Crippen LogP contribution in [0.1, 0.15) is 26.0 Å². The van der Waals surface area contributed by atoms with Crippen LogP contribution in [0.15, 0.2) is 6.20 Å². The molecule has 0 bridgehead atoms. The first-order valence-corrected chi connectivity index (χ1v) is 6.43. The Kier molecular flexibility index (Phi) is 3.99. The number of methoxy groups -OCH3 is 1. The highest BCUT2D eigenvalue weighted by Gasteiger charge is 2.47. The van der Waals surface area contributed by atoms with Crippen LogP contribution in [0.25, 0.3) is 0 Å². The van der Waals surface area contributed by atoms with Gasteiger partial charge in [0.1, 0.15) is 0 Å². The number of hydrogen-bond donors (Lipinski definition) is 2. The first kappa shape index (κ1) is 13.5. The van der Waals surface area contributed by atoms with Gasteiger partial charge in [-0.15, -0.1) is 5.10 Å². The Labute approximate surface area is 108 Å². The molecule has 3 N–H and O–H groups in total. The molecule has 0 amide bonds. The molecule has 2 unspecified atom stereocenters. The summed E-state index contributed by atoms with van der Waals surface area (Å²) in [7, 11) is 1.78. The van der Waals surface area contributed by atoms with Crippen molar-refractivity contribution in [3.8, 4) is 0 Å². The summed E-state index contributed by atoms with van der Waals surface area (Å²) in [5.41, 5.74) is 6.53. The van der Waals surface area contributed by atoms with Gasteiger partial charge in [0.15, 0.2) is 0 Å². The van der Waals surface area contributed by atoms with Gasteiger partial charge >= 0.3 is 0 Å². The molecule has 2 rings (SSSR count). The second-order valence-electron chi connectivity index (χ2n) is 5.47. The number of ether oxygens (including phenoxy) is 1. The van der Waals surface area contributed by atoms with Crippen LogP contribution in [0.4, 0.5) is 0 Å². The molecule has 6 nitrogen and oxygen atoms in total. The molecule has 1 aromatic heterocycles. The zero-order chi connectivity index (χ0) is 13.2. The third-order valence-corrected chi connectivity index (χ3v) is 3.99. The molecule has 18 heavy (non-hydrogen) atoms. The van der Waals surface area contributed by atoms with E-state index in [1.54, 1.807) is 7.11 Å². The average Bonchev–Trinajstić information content (AvgIpc) is 2.80. The highest BCUT2D eigenvalue weighted by Crippen LogP contribution is 2.42. The molecule has 0 radical (unpaired) electrons. The topological polar surface area (TPSA) is 78.0 Å². The molecule has 1 saturated carbocycles. The lowest BCUT2D eigenvalue weighted by Crippen LogP contribution is -2.61. The van der Waals surface area contributed by atoms with Gasteiger partial charge in [-0.05, 0) is 6.42 Å². The van der Waals surface area contributed by atoms with Crippen molar-refractivity contribution < 1.29 is 4.74 Å². The standard InChI is InChI=1S/C12H23N5O/c1-12(2)10(6-11(12)18-3)14-4-5-17-8-9(7-13)15-16-17/h8,10-11,14H,4-7,13H2,1-3H3. The van der Waals surface area contributed by atoms with E-state index in [0.717, 1.165) is 25.2 Å². The van der Waals surface area contributed by atoms with Crippen molar-refractivity contribution in [2.75, 3.05) is 13.7 Å². The SMILES string of the molecule is COC1CC(NCCn2cc(CN)nn2)C1(C)C. The minimum Gasteiger partial charge on any atom is -0.381 e. The molecule has 2 atom stereocenters. The summed E-state index contributed by atoms with van der Waals surface area (Å²) in [6, 6.07) is 0.514. The van der Waals surface area contributed by atoms with Crippen molar-refractivity contribution in [2.45, 2.75) is 45.5 Å². The highest BCUT2D eigenvalue weighted by atomic mass is 16.5. The van der Waals surface area contributed by atoms with Crippen LogP contribution >= 0.6 is 0 Å². The zero-order valence-electron chi connectivity index (χ0n) is 11.4. The predicted molar refractivity (Wildman–Crippen MR) is 68.9 cm³/mol. The van der Waals surface area contributed by atoms with Crippen LogP contribution in [0.3, 0.4) is 0 Å². The summed E-state index contributed by atoms with van der Waals surface area (Å²) >= 11 is 0. The maximum atomic E-state index is 5.49. The Morgan fingerprint density at radius 1 is 1.61 bits per heavy atom. The van der Waals surface area contributed by atoms with Gasteiger partial charge in [0.25, 0.3) is 0 Å². The van der Waals surface area contributed by atoms with Crippen LogP contribution in [-0.2, 0) is 17.8 Å². The molecule has 6 heteroatoms. The van der Waals surface area contributed by atoms with Crippen molar-refractivity contribution in [3.05, 3.63) is 11.9 Å². The van der Waals surface area contributed by atoms with E-state index in [0.29, 0.717) is 18.7 Å². The second kappa shape index (κ2) is 5.34. The van der Waals surface area contributed by atoms with Gasteiger partial charge < -0.3 is 15.8 Å². The summed E-state index contributed by atoms with van der Waals surface area (Å²) < 4.78 is 7.26. The van der Waals surface area contributed by atoms with Gasteiger partial charge in [0.05, 0.1) is 18.3 Å². The van der Waals surface area contributed by atoms with Crippen molar-refractivity contribution >= 4 is 0 Å². The van der Waals surface area contributed by atoms with Gasteiger partial charge in [-0.1, -0.05) is 19.1 Å². The van der Waals surface area contributed by atoms with Crippen molar-refractivity contribution in [1.82, 2.24) is 20.3 Å². The molecule has 0 saturated heterocycles. The minimum absolute atomic E-state index is 0.208. The number of hydrogen-bond acceptors (Lipinski definition) is 5. The van der Waals surface area contributed by atoms with Crippen LogP contribution in [0.5, 0.6) is 0 Å². The third kappa shape index (κ3) is 2.55. The summed E-state index contributed by atoms with van der Waals surface area (Å²) in [6.07, 6.45) is 3.34. The first-order chi connectivity index (χ1) is 8.57. The summed E-state index contributed by atoms with van der Waals surface area (Å²) in [5, 5.41) is 11.5. The van der Waals surface area contributed by atoms with E-state index >= 15 is 0 Å². The van der Waals surface area contributed by atoms with E-state index in [1.165, 1.54) is 0 Å². The minimum atomic E-state index is 0.208. The quantitative estimate of drug-likeness (QED) is 0.754. The molecule has 1 aromatic rings. The zero-order valence-corrected chi connectivity index (χ0v) is 11.4. The Morgan fingerprint density at radius 2 is 2.39 bits per heavy atom. The Bertz CT molecular complexity index is 390. The van der Waals surface area contributed by atoms with E-state index in [1.807, 2.05) is 10.9 Å². The van der Waals surface area contributed by atoms with E-state index in [-0.39, 0.29) is 5.41 Å². The molecule has 1 fully saturated rings. The molecule has 1 heterocycles. The fraction of sp³-hybridized carbons (Fsp3) is 0.833. The van der Waals surface area contributed by atoms with Crippen LogP contribution < -0.4 is 11.1 Å².